The van der Waals surface area contributed by atoms with Gasteiger partial charge < -0.3 is 15.4 Å². The molecule has 2 N–H and O–H groups in total. The van der Waals surface area contributed by atoms with Gasteiger partial charge in [0.1, 0.15) is 17.5 Å². The monoisotopic (exact) mass is 414 g/mol. The lowest BCUT2D eigenvalue weighted by Gasteiger charge is -2.11. The van der Waals surface area contributed by atoms with Crippen LogP contribution in [0.1, 0.15) is 11.6 Å². The van der Waals surface area contributed by atoms with Crippen LogP contribution >= 0.6 is 34.2 Å². The Kier molecular flexibility index (Phi) is 4.05. The van der Waals surface area contributed by atoms with Crippen LogP contribution in [0.5, 0.6) is 11.5 Å². The van der Waals surface area contributed by atoms with Crippen LogP contribution in [0.2, 0.25) is 5.02 Å². The molecule has 0 radical (unpaired) electrons. The lowest BCUT2D eigenvalue weighted by atomic mass is 10.1. The van der Waals surface area contributed by atoms with Gasteiger partial charge in [-0.15, -0.1) is 0 Å². The molecule has 1 unspecified atom stereocenters. The van der Waals surface area contributed by atoms with E-state index in [0.717, 1.165) is 14.8 Å². The predicted octanol–water partition coefficient (Wildman–Crippen LogP) is 3.95. The van der Waals surface area contributed by atoms with Crippen molar-refractivity contribution in [3.05, 3.63) is 50.6 Å². The van der Waals surface area contributed by atoms with Crippen LogP contribution in [0.3, 0.4) is 0 Å². The molecule has 1 aliphatic heterocycles. The van der Waals surface area contributed by atoms with Gasteiger partial charge in [-0.3, -0.25) is 4.79 Å². The minimum absolute atomic E-state index is 0.0880. The number of fused-ring (bicyclic) bond motifs is 1. The molecule has 1 heterocycles. The molecule has 21 heavy (non-hydrogen) atoms. The minimum Gasteiger partial charge on any atom is -0.456 e. The normalized spacial score (nSPS) is 16.5. The van der Waals surface area contributed by atoms with Gasteiger partial charge in [-0.25, -0.2) is 0 Å². The van der Waals surface area contributed by atoms with Crippen LogP contribution in [0, 0.1) is 3.57 Å². The van der Waals surface area contributed by atoms with Crippen LogP contribution in [0.4, 0.5) is 5.69 Å². The summed E-state index contributed by atoms with van der Waals surface area (Å²) in [5, 5.41) is 6.26. The van der Waals surface area contributed by atoms with Crippen molar-refractivity contribution in [2.75, 3.05) is 12.4 Å². The number of carbonyl (C=O) groups excluding carboxylic acids is 1. The lowest BCUT2D eigenvalue weighted by Crippen LogP contribution is -2.23. The molecular weight excluding hydrogens is 403 g/mol. The summed E-state index contributed by atoms with van der Waals surface area (Å²) in [5.41, 5.74) is 1.56. The molecule has 1 atom stereocenters. The van der Waals surface area contributed by atoms with E-state index in [0.29, 0.717) is 16.5 Å². The van der Waals surface area contributed by atoms with Crippen molar-refractivity contribution in [3.63, 3.8) is 0 Å². The second-order valence-electron chi connectivity index (χ2n) is 4.64. The van der Waals surface area contributed by atoms with E-state index in [1.165, 1.54) is 0 Å². The van der Waals surface area contributed by atoms with Gasteiger partial charge in [0.2, 0.25) is 5.91 Å². The predicted molar refractivity (Wildman–Crippen MR) is 91.1 cm³/mol. The van der Waals surface area contributed by atoms with E-state index in [4.69, 9.17) is 16.3 Å². The van der Waals surface area contributed by atoms with Crippen molar-refractivity contribution in [1.82, 2.24) is 5.32 Å². The third-order valence-electron chi connectivity index (χ3n) is 3.25. The largest absolute Gasteiger partial charge is 0.456 e. The molecule has 6 heteroatoms. The average Bonchev–Trinajstić information content (AvgIpc) is 2.74. The van der Waals surface area contributed by atoms with E-state index < -0.39 is 0 Å². The van der Waals surface area contributed by atoms with Gasteiger partial charge in [0.25, 0.3) is 0 Å². The summed E-state index contributed by atoms with van der Waals surface area (Å²) in [6.45, 7) is 0. The Morgan fingerprint density at radius 2 is 2.14 bits per heavy atom. The van der Waals surface area contributed by atoms with Crippen molar-refractivity contribution >= 4 is 45.8 Å². The van der Waals surface area contributed by atoms with E-state index in [2.05, 4.69) is 33.2 Å². The molecule has 0 saturated carbocycles. The van der Waals surface area contributed by atoms with Gasteiger partial charge >= 0.3 is 0 Å². The third-order valence-corrected chi connectivity index (χ3v) is 4.21. The first-order chi connectivity index (χ1) is 10.1. The number of anilines is 1. The van der Waals surface area contributed by atoms with Crippen molar-refractivity contribution in [2.24, 2.45) is 0 Å². The molecule has 2 aromatic rings. The number of likely N-dealkylation sites (N-methyl/N-ethyl adjacent to an activating group) is 1. The highest BCUT2D eigenvalue weighted by Crippen LogP contribution is 2.40. The van der Waals surface area contributed by atoms with E-state index in [1.807, 2.05) is 24.3 Å². The number of ether oxygens (including phenoxy) is 1. The zero-order valence-electron chi connectivity index (χ0n) is 11.1. The van der Waals surface area contributed by atoms with Gasteiger partial charge in [0.15, 0.2) is 0 Å². The first-order valence-corrected chi connectivity index (χ1v) is 7.79. The van der Waals surface area contributed by atoms with E-state index in [9.17, 15) is 4.79 Å². The Morgan fingerprint density at radius 3 is 2.86 bits per heavy atom. The molecular formula is C15H12ClIN2O2. The van der Waals surface area contributed by atoms with Gasteiger partial charge in [0.05, 0.1) is 5.02 Å². The lowest BCUT2D eigenvalue weighted by molar-refractivity contribution is -0.117. The number of rotatable bonds is 3. The summed E-state index contributed by atoms with van der Waals surface area (Å²) in [5.74, 6) is 1.14. The summed E-state index contributed by atoms with van der Waals surface area (Å²) in [7, 11) is 1.74. The fourth-order valence-corrected chi connectivity index (χ4v) is 3.01. The Labute approximate surface area is 141 Å². The zero-order valence-corrected chi connectivity index (χ0v) is 14.0. The third kappa shape index (κ3) is 2.86. The first kappa shape index (κ1) is 14.6. The van der Waals surface area contributed by atoms with Crippen LogP contribution < -0.4 is 15.4 Å². The zero-order chi connectivity index (χ0) is 15.0. The summed E-state index contributed by atoms with van der Waals surface area (Å²) in [6, 6.07) is 10.8. The molecule has 3 rings (SSSR count). The Balaban J connectivity index is 1.95. The van der Waals surface area contributed by atoms with E-state index in [-0.39, 0.29) is 11.9 Å². The average molecular weight is 415 g/mol. The van der Waals surface area contributed by atoms with E-state index in [1.54, 1.807) is 19.2 Å². The number of amides is 1. The first-order valence-electron chi connectivity index (χ1n) is 6.33. The van der Waals surface area contributed by atoms with Gasteiger partial charge in [-0.2, -0.15) is 0 Å². The summed E-state index contributed by atoms with van der Waals surface area (Å²) >= 11 is 8.49. The topological polar surface area (TPSA) is 50.4 Å². The Hall–Kier alpha value is -1.31. The van der Waals surface area contributed by atoms with Crippen molar-refractivity contribution in [3.8, 4) is 11.5 Å². The molecule has 0 fully saturated rings. The molecule has 0 aliphatic carbocycles. The Morgan fingerprint density at radius 1 is 1.33 bits per heavy atom. The molecule has 2 aromatic carbocycles. The SMILES string of the molecule is CNC1C(=O)Nc2cc(Oc3cccc(I)c3)c(Cl)cc21. The van der Waals surface area contributed by atoms with Crippen molar-refractivity contribution in [1.29, 1.82) is 0 Å². The smallest absolute Gasteiger partial charge is 0.246 e. The fourth-order valence-electron chi connectivity index (χ4n) is 2.28. The molecule has 1 aliphatic rings. The van der Waals surface area contributed by atoms with Gasteiger partial charge in [-0.05, 0) is 53.9 Å². The quantitative estimate of drug-likeness (QED) is 0.748. The fraction of sp³-hybridized carbons (Fsp3) is 0.133. The standard InChI is InChI=1S/C15H12ClIN2O2/c1-18-14-10-6-11(16)13(7-12(10)19-15(14)20)21-9-4-2-3-8(17)5-9/h2-7,14,18H,1H3,(H,19,20). The minimum atomic E-state index is -0.371. The number of nitrogens with one attached hydrogen (secondary N) is 2. The van der Waals surface area contributed by atoms with Gasteiger partial charge in [0, 0.05) is 20.9 Å². The second-order valence-corrected chi connectivity index (χ2v) is 6.29. The number of benzene rings is 2. The molecule has 108 valence electrons. The molecule has 0 saturated heterocycles. The molecule has 0 aromatic heterocycles. The van der Waals surface area contributed by atoms with Crippen molar-refractivity contribution in [2.45, 2.75) is 6.04 Å². The Bertz CT molecular complexity index is 721. The van der Waals surface area contributed by atoms with Crippen LogP contribution in [-0.4, -0.2) is 13.0 Å². The van der Waals surface area contributed by atoms with E-state index >= 15 is 0 Å². The summed E-state index contributed by atoms with van der Waals surface area (Å²) in [6.07, 6.45) is 0. The summed E-state index contributed by atoms with van der Waals surface area (Å²) < 4.78 is 6.89. The van der Waals surface area contributed by atoms with Gasteiger partial charge in [-0.1, -0.05) is 17.7 Å². The second kappa shape index (κ2) is 5.82. The highest BCUT2D eigenvalue weighted by atomic mass is 127. The molecule has 1 amide bonds. The number of carbonyl (C=O) groups is 1. The molecule has 4 nitrogen and oxygen atoms in total. The number of hydrogen-bond acceptors (Lipinski definition) is 3. The highest BCUT2D eigenvalue weighted by molar-refractivity contribution is 14.1. The molecule has 0 spiro atoms. The van der Waals surface area contributed by atoms with Crippen LogP contribution in [0.15, 0.2) is 36.4 Å². The maximum atomic E-state index is 11.8. The maximum absolute atomic E-state index is 11.8. The highest BCUT2D eigenvalue weighted by Gasteiger charge is 2.30. The summed E-state index contributed by atoms with van der Waals surface area (Å²) in [4.78, 5) is 11.8. The maximum Gasteiger partial charge on any atom is 0.246 e. The van der Waals surface area contributed by atoms with Crippen LogP contribution in [-0.2, 0) is 4.79 Å². The molecule has 0 bridgehead atoms. The number of hydrogen-bond donors (Lipinski definition) is 2. The van der Waals surface area contributed by atoms with Crippen LogP contribution in [0.25, 0.3) is 0 Å². The van der Waals surface area contributed by atoms with Crippen molar-refractivity contribution < 1.29 is 9.53 Å². The number of halogens is 2.